The van der Waals surface area contributed by atoms with Gasteiger partial charge in [0.25, 0.3) is 0 Å². The molecular formula is C26H51NO3. The highest BCUT2D eigenvalue weighted by molar-refractivity contribution is 5.86. The highest BCUT2D eigenvalue weighted by Crippen LogP contribution is 2.18. The second-order valence-corrected chi connectivity index (χ2v) is 8.94. The van der Waals surface area contributed by atoms with E-state index in [1.165, 1.54) is 64.2 Å². The lowest BCUT2D eigenvalue weighted by atomic mass is 9.87. The predicted molar refractivity (Wildman–Crippen MR) is 129 cm³/mol. The van der Waals surface area contributed by atoms with Crippen LogP contribution in [0, 0.1) is 5.92 Å². The van der Waals surface area contributed by atoms with E-state index in [0.29, 0.717) is 0 Å². The molecular weight excluding hydrogens is 374 g/mol. The molecule has 0 aliphatic rings. The molecule has 0 bridgehead atoms. The number of Topliss-reactive ketones (excluding diaryl/α,β-unsaturated/α-hetero) is 1. The van der Waals surface area contributed by atoms with Crippen molar-refractivity contribution in [3.63, 3.8) is 0 Å². The van der Waals surface area contributed by atoms with E-state index in [1.54, 1.807) is 6.08 Å². The van der Waals surface area contributed by atoms with Crippen LogP contribution in [0.5, 0.6) is 0 Å². The normalized spacial score (nSPS) is 15.0. The van der Waals surface area contributed by atoms with Crippen LogP contribution in [0.3, 0.4) is 0 Å². The number of rotatable bonds is 21. The predicted octanol–water partition coefficient (Wildman–Crippen LogP) is 6.08. The third-order valence-corrected chi connectivity index (χ3v) is 6.03. The van der Waals surface area contributed by atoms with E-state index in [0.717, 1.165) is 38.5 Å². The van der Waals surface area contributed by atoms with Crippen LogP contribution in [0.2, 0.25) is 0 Å². The van der Waals surface area contributed by atoms with Crippen molar-refractivity contribution in [3.05, 3.63) is 12.2 Å². The Hall–Kier alpha value is -0.710. The van der Waals surface area contributed by atoms with E-state index in [9.17, 15) is 15.0 Å². The first-order chi connectivity index (χ1) is 14.5. The molecule has 0 aromatic carbocycles. The van der Waals surface area contributed by atoms with E-state index < -0.39 is 18.2 Å². The summed E-state index contributed by atoms with van der Waals surface area (Å²) in [7, 11) is 0. The van der Waals surface area contributed by atoms with Crippen molar-refractivity contribution < 1.29 is 15.0 Å². The van der Waals surface area contributed by atoms with Gasteiger partial charge in [-0.1, -0.05) is 110 Å². The van der Waals surface area contributed by atoms with Crippen LogP contribution in [-0.2, 0) is 4.79 Å². The summed E-state index contributed by atoms with van der Waals surface area (Å²) < 4.78 is 0. The number of unbranched alkanes of at least 4 members (excludes halogenated alkanes) is 11. The minimum Gasteiger partial charge on any atom is -0.387 e. The molecule has 4 N–H and O–H groups in total. The van der Waals surface area contributed by atoms with Gasteiger partial charge in [-0.25, -0.2) is 0 Å². The number of aliphatic hydroxyl groups excluding tert-OH is 2. The molecule has 0 heterocycles. The Bertz CT molecular complexity index is 419. The number of allylic oxidation sites excluding steroid dienone is 1. The number of carbonyl (C=O) groups is 1. The fourth-order valence-electron chi connectivity index (χ4n) is 4.03. The summed E-state index contributed by atoms with van der Waals surface area (Å²) in [6.45, 7) is 6.33. The van der Waals surface area contributed by atoms with Crippen molar-refractivity contribution in [2.45, 2.75) is 142 Å². The number of nitrogens with two attached hydrogens (primary N) is 1. The lowest BCUT2D eigenvalue weighted by molar-refractivity contribution is -0.133. The fraction of sp³-hybridized carbons (Fsp3) is 0.885. The lowest BCUT2D eigenvalue weighted by Crippen LogP contribution is -2.49. The van der Waals surface area contributed by atoms with Gasteiger partial charge in [0.2, 0.25) is 0 Å². The third-order valence-electron chi connectivity index (χ3n) is 6.03. The number of aliphatic hydroxyl groups is 2. The number of hydrogen-bond donors (Lipinski definition) is 3. The monoisotopic (exact) mass is 425 g/mol. The summed E-state index contributed by atoms with van der Waals surface area (Å²) in [5.74, 6) is -0.377. The summed E-state index contributed by atoms with van der Waals surface area (Å²) in [6, 6.07) is -0.956. The Labute approximate surface area is 186 Å². The van der Waals surface area contributed by atoms with Crippen molar-refractivity contribution in [2.24, 2.45) is 11.7 Å². The molecule has 0 fully saturated rings. The largest absolute Gasteiger partial charge is 0.387 e. The highest BCUT2D eigenvalue weighted by Gasteiger charge is 2.31. The van der Waals surface area contributed by atoms with Gasteiger partial charge in [-0.05, 0) is 25.7 Å². The fourth-order valence-corrected chi connectivity index (χ4v) is 4.03. The molecule has 0 aliphatic heterocycles. The highest BCUT2D eigenvalue weighted by atomic mass is 16.3. The molecule has 0 radical (unpaired) electrons. The Kier molecular flexibility index (Phi) is 19.7. The summed E-state index contributed by atoms with van der Waals surface area (Å²) in [6.07, 6.45) is 20.0. The first-order valence-corrected chi connectivity index (χ1v) is 12.8. The Balaban J connectivity index is 3.93. The molecule has 4 nitrogen and oxygen atoms in total. The second kappa shape index (κ2) is 20.2. The van der Waals surface area contributed by atoms with Crippen molar-refractivity contribution in [2.75, 3.05) is 0 Å². The third kappa shape index (κ3) is 14.3. The van der Waals surface area contributed by atoms with Crippen LogP contribution in [-0.4, -0.2) is 34.2 Å². The Morgan fingerprint density at radius 3 is 1.70 bits per heavy atom. The maximum Gasteiger partial charge on any atom is 0.166 e. The molecule has 0 amide bonds. The SMILES string of the molecule is CCCCCCCCCCCCC/C=C/[C@@H](O)[C@@H](N)C(O)C(=O)C(CCC)CCC. The first kappa shape index (κ1) is 29.3. The molecule has 3 atom stereocenters. The second-order valence-electron chi connectivity index (χ2n) is 8.94. The zero-order valence-corrected chi connectivity index (χ0v) is 20.2. The van der Waals surface area contributed by atoms with E-state index in [1.807, 2.05) is 19.9 Å². The van der Waals surface area contributed by atoms with Crippen molar-refractivity contribution in [3.8, 4) is 0 Å². The van der Waals surface area contributed by atoms with Gasteiger partial charge in [-0.3, -0.25) is 4.79 Å². The first-order valence-electron chi connectivity index (χ1n) is 12.8. The molecule has 1 unspecified atom stereocenters. The number of carbonyl (C=O) groups excluding carboxylic acids is 1. The Morgan fingerprint density at radius 1 is 0.767 bits per heavy atom. The summed E-state index contributed by atoms with van der Waals surface area (Å²) in [5.41, 5.74) is 5.97. The minimum absolute atomic E-state index is 0.159. The van der Waals surface area contributed by atoms with Gasteiger partial charge in [0, 0.05) is 5.92 Å². The van der Waals surface area contributed by atoms with Gasteiger partial charge < -0.3 is 15.9 Å². The van der Waals surface area contributed by atoms with Gasteiger partial charge in [0.1, 0.15) is 6.10 Å². The maximum atomic E-state index is 12.5. The average Bonchev–Trinajstić information content (AvgIpc) is 2.75. The molecule has 0 saturated heterocycles. The van der Waals surface area contributed by atoms with Crippen molar-refractivity contribution in [1.82, 2.24) is 0 Å². The van der Waals surface area contributed by atoms with Crippen molar-refractivity contribution in [1.29, 1.82) is 0 Å². The van der Waals surface area contributed by atoms with Crippen LogP contribution in [0.25, 0.3) is 0 Å². The van der Waals surface area contributed by atoms with Gasteiger partial charge in [-0.15, -0.1) is 0 Å². The minimum atomic E-state index is -1.30. The number of ketones is 1. The molecule has 0 saturated carbocycles. The van der Waals surface area contributed by atoms with Gasteiger partial charge in [0.15, 0.2) is 5.78 Å². The van der Waals surface area contributed by atoms with Crippen LogP contribution in [0.15, 0.2) is 12.2 Å². The van der Waals surface area contributed by atoms with E-state index in [4.69, 9.17) is 5.73 Å². The van der Waals surface area contributed by atoms with Gasteiger partial charge in [-0.2, -0.15) is 0 Å². The molecule has 0 aromatic rings. The van der Waals surface area contributed by atoms with E-state index in [2.05, 4.69) is 6.92 Å². The zero-order valence-electron chi connectivity index (χ0n) is 20.2. The quantitative estimate of drug-likeness (QED) is 0.154. The van der Waals surface area contributed by atoms with Crippen LogP contribution in [0.4, 0.5) is 0 Å². The standard InChI is InChI=1S/C26H51NO3/c1-4-7-8-9-10-11-12-13-14-15-16-17-18-21-23(28)24(27)26(30)25(29)22(19-5-2)20-6-3/h18,21-24,26,28,30H,4-17,19-20,27H2,1-3H3/b21-18+/t23-,24-,26?/m1/s1. The zero-order chi connectivity index (χ0) is 22.6. The molecule has 0 rings (SSSR count). The smallest absolute Gasteiger partial charge is 0.166 e. The van der Waals surface area contributed by atoms with Crippen LogP contribution < -0.4 is 5.73 Å². The molecule has 178 valence electrons. The topological polar surface area (TPSA) is 83.6 Å². The lowest BCUT2D eigenvalue weighted by Gasteiger charge is -2.24. The molecule has 0 aliphatic carbocycles. The average molecular weight is 426 g/mol. The van der Waals surface area contributed by atoms with E-state index in [-0.39, 0.29) is 11.7 Å². The summed E-state index contributed by atoms with van der Waals surface area (Å²) in [5, 5.41) is 20.5. The molecule has 4 heteroatoms. The van der Waals surface area contributed by atoms with Gasteiger partial charge >= 0.3 is 0 Å². The molecule has 0 aromatic heterocycles. The van der Waals surface area contributed by atoms with Crippen LogP contribution in [0.1, 0.15) is 124 Å². The summed E-state index contributed by atoms with van der Waals surface area (Å²) in [4.78, 5) is 12.5. The van der Waals surface area contributed by atoms with E-state index >= 15 is 0 Å². The van der Waals surface area contributed by atoms with Gasteiger partial charge in [0.05, 0.1) is 12.1 Å². The number of hydrogen-bond acceptors (Lipinski definition) is 4. The van der Waals surface area contributed by atoms with Crippen molar-refractivity contribution >= 4 is 5.78 Å². The summed E-state index contributed by atoms with van der Waals surface area (Å²) >= 11 is 0. The Morgan fingerprint density at radius 2 is 1.23 bits per heavy atom. The van der Waals surface area contributed by atoms with Crippen LogP contribution >= 0.6 is 0 Å². The maximum absolute atomic E-state index is 12.5. The molecule has 0 spiro atoms. The molecule has 30 heavy (non-hydrogen) atoms.